The van der Waals surface area contributed by atoms with E-state index >= 15 is 0 Å². The van der Waals surface area contributed by atoms with E-state index in [0.29, 0.717) is 0 Å². The number of nitrogens with two attached hydrogens (primary N) is 1. The van der Waals surface area contributed by atoms with Gasteiger partial charge in [-0.25, -0.2) is 15.0 Å². The van der Waals surface area contributed by atoms with Crippen LogP contribution in [0.3, 0.4) is 0 Å². The van der Waals surface area contributed by atoms with Gasteiger partial charge in [0.05, 0.1) is 12.9 Å². The van der Waals surface area contributed by atoms with Crippen molar-refractivity contribution in [2.45, 2.75) is 31.0 Å². The van der Waals surface area contributed by atoms with Crippen molar-refractivity contribution in [3.63, 3.8) is 0 Å². The Morgan fingerprint density at radius 2 is 2.22 bits per heavy atom. The number of aliphatic hydroxyl groups is 3. The van der Waals surface area contributed by atoms with Gasteiger partial charge in [0.25, 0.3) is 0 Å². The Labute approximate surface area is 129 Å². The Bertz CT molecular complexity index is 759. The van der Waals surface area contributed by atoms with Crippen LogP contribution in [0.4, 0.5) is 0 Å². The lowest BCUT2D eigenvalue weighted by Gasteiger charge is -2.27. The standard InChI is InChI=1S/C12H16N6O5/c1-12(21)8(20)5(2-19)23-11(12)18-4-16-7-6(9(13)17-22)14-3-15-10(7)18/h3-5,8,11,19-22H,2H2,1H3,(H2,13,17)/t5-,8-,11?,12-/m1/s1. The van der Waals surface area contributed by atoms with Crippen LogP contribution in [0.5, 0.6) is 0 Å². The fourth-order valence-electron chi connectivity index (χ4n) is 2.65. The van der Waals surface area contributed by atoms with Crippen molar-refractivity contribution in [1.82, 2.24) is 19.5 Å². The molecule has 23 heavy (non-hydrogen) atoms. The first-order chi connectivity index (χ1) is 10.9. The number of rotatable bonds is 3. The number of aliphatic hydroxyl groups excluding tert-OH is 2. The molecule has 1 fully saturated rings. The fourth-order valence-corrected chi connectivity index (χ4v) is 2.65. The first-order valence-electron chi connectivity index (χ1n) is 6.74. The zero-order valence-electron chi connectivity index (χ0n) is 12.1. The minimum atomic E-state index is -1.68. The predicted molar refractivity (Wildman–Crippen MR) is 75.5 cm³/mol. The summed E-state index contributed by atoms with van der Waals surface area (Å²) in [5.74, 6) is -0.241. The Morgan fingerprint density at radius 3 is 2.83 bits per heavy atom. The molecule has 4 atom stereocenters. The SMILES string of the molecule is C[C@]1(O)C(n2cnc3c(/C(N)=N\O)ncnc32)O[C@H](CO)[C@H]1O. The zero-order chi connectivity index (χ0) is 16.8. The summed E-state index contributed by atoms with van der Waals surface area (Å²) in [6, 6.07) is 0. The number of nitrogens with zero attached hydrogens (tertiary/aromatic N) is 5. The lowest BCUT2D eigenvalue weighted by molar-refractivity contribution is -0.0950. The first-order valence-corrected chi connectivity index (χ1v) is 6.74. The number of hydrogen-bond donors (Lipinski definition) is 5. The van der Waals surface area contributed by atoms with Gasteiger partial charge in [-0.2, -0.15) is 0 Å². The van der Waals surface area contributed by atoms with Crippen LogP contribution in [0.15, 0.2) is 17.8 Å². The van der Waals surface area contributed by atoms with Crippen molar-refractivity contribution in [2.24, 2.45) is 10.9 Å². The molecule has 0 aliphatic carbocycles. The van der Waals surface area contributed by atoms with E-state index in [4.69, 9.17) is 15.7 Å². The van der Waals surface area contributed by atoms with Gasteiger partial charge in [-0.1, -0.05) is 5.16 Å². The van der Waals surface area contributed by atoms with Gasteiger partial charge in [-0.05, 0) is 6.92 Å². The summed E-state index contributed by atoms with van der Waals surface area (Å²) in [4.78, 5) is 12.1. The second kappa shape index (κ2) is 5.38. The van der Waals surface area contributed by atoms with Crippen molar-refractivity contribution in [1.29, 1.82) is 0 Å². The maximum atomic E-state index is 10.5. The highest BCUT2D eigenvalue weighted by atomic mass is 16.6. The third-order valence-electron chi connectivity index (χ3n) is 3.90. The maximum absolute atomic E-state index is 10.5. The highest BCUT2D eigenvalue weighted by Crippen LogP contribution is 2.39. The number of ether oxygens (including phenoxy) is 1. The maximum Gasteiger partial charge on any atom is 0.191 e. The molecular weight excluding hydrogens is 308 g/mol. The van der Waals surface area contributed by atoms with Crippen molar-refractivity contribution in [3.8, 4) is 0 Å². The van der Waals surface area contributed by atoms with E-state index in [1.807, 2.05) is 0 Å². The van der Waals surface area contributed by atoms with E-state index in [1.165, 1.54) is 24.1 Å². The molecule has 0 saturated carbocycles. The summed E-state index contributed by atoms with van der Waals surface area (Å²) in [5.41, 5.74) is 4.49. The van der Waals surface area contributed by atoms with Gasteiger partial charge in [0.2, 0.25) is 0 Å². The minimum Gasteiger partial charge on any atom is -0.409 e. The van der Waals surface area contributed by atoms with Gasteiger partial charge in [0.1, 0.15) is 35.3 Å². The van der Waals surface area contributed by atoms with Crippen molar-refractivity contribution in [2.75, 3.05) is 6.61 Å². The Balaban J connectivity index is 2.12. The smallest absolute Gasteiger partial charge is 0.191 e. The number of hydrogen-bond acceptors (Lipinski definition) is 9. The van der Waals surface area contributed by atoms with Crippen LogP contribution in [0.2, 0.25) is 0 Å². The van der Waals surface area contributed by atoms with Crippen molar-refractivity contribution >= 4 is 17.0 Å². The molecule has 124 valence electrons. The molecule has 0 bridgehead atoms. The van der Waals surface area contributed by atoms with Gasteiger partial charge in [0.15, 0.2) is 17.7 Å². The molecule has 2 aromatic heterocycles. The summed E-state index contributed by atoms with van der Waals surface area (Å²) in [6.45, 7) is 0.931. The topological polar surface area (TPSA) is 172 Å². The average Bonchev–Trinajstić information content (AvgIpc) is 3.06. The van der Waals surface area contributed by atoms with Crippen molar-refractivity contribution in [3.05, 3.63) is 18.3 Å². The highest BCUT2D eigenvalue weighted by Gasteiger charge is 2.53. The van der Waals surface area contributed by atoms with Gasteiger partial charge in [-0.15, -0.1) is 0 Å². The average molecular weight is 324 g/mol. The molecule has 1 aliphatic heterocycles. The first kappa shape index (κ1) is 15.6. The van der Waals surface area contributed by atoms with Crippen LogP contribution in [0.25, 0.3) is 11.2 Å². The highest BCUT2D eigenvalue weighted by molar-refractivity contribution is 6.04. The molecule has 6 N–H and O–H groups in total. The van der Waals surface area contributed by atoms with Gasteiger partial charge >= 0.3 is 0 Å². The molecule has 0 radical (unpaired) electrons. The fraction of sp³-hybridized carbons (Fsp3) is 0.500. The molecule has 11 heteroatoms. The van der Waals surface area contributed by atoms with Gasteiger partial charge < -0.3 is 31.0 Å². The summed E-state index contributed by atoms with van der Waals surface area (Å²) in [6.07, 6.45) is -0.746. The molecule has 0 aromatic carbocycles. The summed E-state index contributed by atoms with van der Waals surface area (Å²) in [7, 11) is 0. The molecule has 3 rings (SSSR count). The van der Waals surface area contributed by atoms with E-state index in [1.54, 1.807) is 0 Å². The Hall–Kier alpha value is -2.34. The van der Waals surface area contributed by atoms with Crippen LogP contribution >= 0.6 is 0 Å². The molecule has 1 aliphatic rings. The second-order valence-electron chi connectivity index (χ2n) is 5.41. The molecule has 1 saturated heterocycles. The van der Waals surface area contributed by atoms with Gasteiger partial charge in [0, 0.05) is 0 Å². The Kier molecular flexibility index (Phi) is 3.64. The van der Waals surface area contributed by atoms with E-state index < -0.39 is 30.6 Å². The lowest BCUT2D eigenvalue weighted by Crippen LogP contribution is -2.44. The van der Waals surface area contributed by atoms with Crippen molar-refractivity contribution < 1.29 is 25.3 Å². The van der Waals surface area contributed by atoms with Crippen LogP contribution in [-0.4, -0.2) is 70.3 Å². The number of fused-ring (bicyclic) bond motifs is 1. The third-order valence-corrected chi connectivity index (χ3v) is 3.90. The molecule has 1 unspecified atom stereocenters. The van der Waals surface area contributed by atoms with E-state index in [0.717, 1.165) is 0 Å². The number of aromatic nitrogens is 4. The molecular formula is C12H16N6O5. The second-order valence-corrected chi connectivity index (χ2v) is 5.41. The molecule has 2 aromatic rings. The van der Waals surface area contributed by atoms with Crippen LogP contribution < -0.4 is 5.73 Å². The molecule has 0 spiro atoms. The van der Waals surface area contributed by atoms with Crippen LogP contribution in [0.1, 0.15) is 18.8 Å². The largest absolute Gasteiger partial charge is 0.409 e. The molecule has 3 heterocycles. The van der Waals surface area contributed by atoms with E-state index in [9.17, 15) is 15.3 Å². The van der Waals surface area contributed by atoms with Crippen LogP contribution in [0, 0.1) is 0 Å². The normalized spacial score (nSPS) is 31.8. The minimum absolute atomic E-state index is 0.119. The predicted octanol–water partition coefficient (Wildman–Crippen LogP) is -2.08. The summed E-state index contributed by atoms with van der Waals surface area (Å²) >= 11 is 0. The number of oxime groups is 1. The van der Waals surface area contributed by atoms with E-state index in [-0.39, 0.29) is 22.7 Å². The van der Waals surface area contributed by atoms with Gasteiger partial charge in [-0.3, -0.25) is 4.57 Å². The Morgan fingerprint density at radius 1 is 1.48 bits per heavy atom. The number of amidine groups is 1. The lowest BCUT2D eigenvalue weighted by atomic mass is 9.96. The molecule has 11 nitrogen and oxygen atoms in total. The van der Waals surface area contributed by atoms with Crippen LogP contribution in [-0.2, 0) is 4.74 Å². The number of imidazole rings is 1. The molecule has 0 amide bonds. The monoisotopic (exact) mass is 324 g/mol. The third kappa shape index (κ3) is 2.21. The summed E-state index contributed by atoms with van der Waals surface area (Å²) in [5, 5.41) is 41.5. The summed E-state index contributed by atoms with van der Waals surface area (Å²) < 4.78 is 6.91. The zero-order valence-corrected chi connectivity index (χ0v) is 12.1. The van der Waals surface area contributed by atoms with E-state index in [2.05, 4.69) is 20.1 Å². The quantitative estimate of drug-likeness (QED) is 0.184.